The van der Waals surface area contributed by atoms with Crippen molar-refractivity contribution in [3.05, 3.63) is 63.9 Å². The second-order valence-electron chi connectivity index (χ2n) is 5.77. The van der Waals surface area contributed by atoms with Crippen LogP contribution in [0, 0.1) is 12.7 Å². The van der Waals surface area contributed by atoms with Gasteiger partial charge in [0.05, 0.1) is 12.9 Å². The first-order valence-electron chi connectivity index (χ1n) is 7.84. The van der Waals surface area contributed by atoms with Crippen molar-refractivity contribution in [1.29, 1.82) is 0 Å². The summed E-state index contributed by atoms with van der Waals surface area (Å²) < 4.78 is 46.7. The summed E-state index contributed by atoms with van der Waals surface area (Å²) in [5.74, 6) is -0.407. The summed E-state index contributed by atoms with van der Waals surface area (Å²) in [5.41, 5.74) is 1.70. The second kappa shape index (κ2) is 8.17. The van der Waals surface area contributed by atoms with Gasteiger partial charge in [-0.25, -0.2) is 17.5 Å². The molecule has 0 aliphatic rings. The van der Waals surface area contributed by atoms with Crippen molar-refractivity contribution in [2.24, 2.45) is 0 Å². The number of hydrogen-bond donors (Lipinski definition) is 1. The third-order valence-electron chi connectivity index (χ3n) is 3.95. The van der Waals surface area contributed by atoms with Crippen LogP contribution in [0.25, 0.3) is 0 Å². The molecule has 0 saturated carbocycles. The molecule has 0 saturated heterocycles. The van der Waals surface area contributed by atoms with E-state index in [9.17, 15) is 12.8 Å². The van der Waals surface area contributed by atoms with E-state index in [1.54, 1.807) is 13.2 Å². The molecule has 0 heterocycles. The first-order valence-corrected chi connectivity index (χ1v) is 9.88. The predicted octanol–water partition coefficient (Wildman–Crippen LogP) is 4.37. The summed E-state index contributed by atoms with van der Waals surface area (Å²) in [4.78, 5) is 0. The topological polar surface area (TPSA) is 55.4 Å². The average molecular weight is 386 g/mol. The van der Waals surface area contributed by atoms with Gasteiger partial charge in [0, 0.05) is 16.6 Å². The first kappa shape index (κ1) is 19.7. The Labute approximate surface area is 153 Å². The van der Waals surface area contributed by atoms with Crippen LogP contribution in [0.4, 0.5) is 4.39 Å². The van der Waals surface area contributed by atoms with Gasteiger partial charge in [-0.3, -0.25) is 0 Å². The number of aryl methyl sites for hydroxylation is 1. The van der Waals surface area contributed by atoms with Crippen molar-refractivity contribution in [3.63, 3.8) is 0 Å². The molecule has 0 bridgehead atoms. The summed E-state index contributed by atoms with van der Waals surface area (Å²) >= 11 is 5.93. The van der Waals surface area contributed by atoms with Gasteiger partial charge in [0.15, 0.2) is 0 Å². The summed E-state index contributed by atoms with van der Waals surface area (Å²) in [6.07, 6.45) is 0.552. The lowest BCUT2D eigenvalue weighted by Gasteiger charge is -2.19. The summed E-state index contributed by atoms with van der Waals surface area (Å²) in [6.45, 7) is 3.77. The lowest BCUT2D eigenvalue weighted by Crippen LogP contribution is -2.29. The molecule has 2 rings (SSSR count). The molecule has 0 aliphatic heterocycles. The van der Waals surface area contributed by atoms with E-state index in [1.807, 2.05) is 26.0 Å². The van der Waals surface area contributed by atoms with Gasteiger partial charge in [0.25, 0.3) is 0 Å². The Bertz CT molecular complexity index is 835. The Kier molecular flexibility index (Phi) is 6.43. The van der Waals surface area contributed by atoms with Crippen molar-refractivity contribution < 1.29 is 17.5 Å². The van der Waals surface area contributed by atoms with Crippen LogP contribution in [0.2, 0.25) is 5.02 Å². The van der Waals surface area contributed by atoms with Crippen LogP contribution < -0.4 is 9.46 Å². The zero-order valence-corrected chi connectivity index (χ0v) is 15.9. The van der Waals surface area contributed by atoms with Crippen LogP contribution in [0.1, 0.15) is 36.1 Å². The van der Waals surface area contributed by atoms with Gasteiger partial charge in [0.2, 0.25) is 10.0 Å². The zero-order chi connectivity index (χ0) is 18.6. The van der Waals surface area contributed by atoms with E-state index in [0.29, 0.717) is 6.42 Å². The zero-order valence-electron chi connectivity index (χ0n) is 14.3. The number of rotatable bonds is 7. The third-order valence-corrected chi connectivity index (χ3v) is 5.61. The van der Waals surface area contributed by atoms with E-state index in [4.69, 9.17) is 16.3 Å². The van der Waals surface area contributed by atoms with Gasteiger partial charge in [0.1, 0.15) is 11.6 Å². The molecular formula is C18H21ClFNO3S. The standard InChI is InChI=1S/C18H21ClFNO3S/c1-4-17(13-8-9-18(24-3)12(2)10-13)21-25(22,23)11-14-15(19)6-5-7-16(14)20/h5-10,17,21H,4,11H2,1-3H3/t17-/m0/s1. The molecule has 0 radical (unpaired) electrons. The Hall–Kier alpha value is -1.63. The van der Waals surface area contributed by atoms with E-state index < -0.39 is 27.6 Å². The lowest BCUT2D eigenvalue weighted by atomic mass is 10.0. The van der Waals surface area contributed by atoms with Gasteiger partial charge in [-0.1, -0.05) is 36.7 Å². The number of benzene rings is 2. The molecule has 0 aromatic heterocycles. The molecule has 2 aromatic rings. The molecule has 0 unspecified atom stereocenters. The van der Waals surface area contributed by atoms with Gasteiger partial charge in [-0.15, -0.1) is 0 Å². The SMILES string of the molecule is CC[C@H](NS(=O)(=O)Cc1c(F)cccc1Cl)c1ccc(OC)c(C)c1. The second-order valence-corrected chi connectivity index (χ2v) is 7.93. The molecule has 0 spiro atoms. The molecule has 7 heteroatoms. The Morgan fingerprint density at radius 3 is 2.56 bits per heavy atom. The number of sulfonamides is 1. The first-order chi connectivity index (χ1) is 11.8. The van der Waals surface area contributed by atoms with E-state index in [1.165, 1.54) is 18.2 Å². The highest BCUT2D eigenvalue weighted by Crippen LogP contribution is 2.26. The van der Waals surface area contributed by atoms with Crippen molar-refractivity contribution >= 4 is 21.6 Å². The van der Waals surface area contributed by atoms with Crippen LogP contribution >= 0.6 is 11.6 Å². The predicted molar refractivity (Wildman–Crippen MR) is 97.9 cm³/mol. The van der Waals surface area contributed by atoms with E-state index >= 15 is 0 Å². The number of ether oxygens (including phenoxy) is 1. The average Bonchev–Trinajstić information content (AvgIpc) is 2.56. The van der Waals surface area contributed by atoms with E-state index in [2.05, 4.69) is 4.72 Å². The van der Waals surface area contributed by atoms with Crippen LogP contribution in [-0.4, -0.2) is 15.5 Å². The quantitative estimate of drug-likeness (QED) is 0.770. The maximum absolute atomic E-state index is 13.9. The Morgan fingerprint density at radius 1 is 1.28 bits per heavy atom. The number of nitrogens with one attached hydrogen (secondary N) is 1. The van der Waals surface area contributed by atoms with Crippen LogP contribution in [-0.2, 0) is 15.8 Å². The molecule has 4 nitrogen and oxygen atoms in total. The summed E-state index contributed by atoms with van der Waals surface area (Å²) in [7, 11) is -2.19. The molecule has 1 atom stereocenters. The summed E-state index contributed by atoms with van der Waals surface area (Å²) in [5, 5.41) is 0.0960. The number of halogens is 2. The molecule has 2 aromatic carbocycles. The molecule has 0 amide bonds. The minimum absolute atomic E-state index is 0.0302. The van der Waals surface area contributed by atoms with Crippen LogP contribution in [0.5, 0.6) is 5.75 Å². The maximum atomic E-state index is 13.9. The molecule has 136 valence electrons. The highest BCUT2D eigenvalue weighted by Gasteiger charge is 2.22. The van der Waals surface area contributed by atoms with Gasteiger partial charge in [-0.2, -0.15) is 0 Å². The molecule has 25 heavy (non-hydrogen) atoms. The highest BCUT2D eigenvalue weighted by molar-refractivity contribution is 7.88. The molecule has 0 fully saturated rings. The highest BCUT2D eigenvalue weighted by atomic mass is 35.5. The minimum Gasteiger partial charge on any atom is -0.496 e. The van der Waals surface area contributed by atoms with Gasteiger partial charge in [-0.05, 0) is 42.7 Å². The van der Waals surface area contributed by atoms with Crippen LogP contribution in [0.3, 0.4) is 0 Å². The molecule has 1 N–H and O–H groups in total. The summed E-state index contributed by atoms with van der Waals surface area (Å²) in [6, 6.07) is 9.19. The molecular weight excluding hydrogens is 365 g/mol. The Morgan fingerprint density at radius 2 is 2.00 bits per heavy atom. The largest absolute Gasteiger partial charge is 0.496 e. The van der Waals surface area contributed by atoms with Crippen molar-refractivity contribution in [3.8, 4) is 5.75 Å². The minimum atomic E-state index is -3.77. The number of methoxy groups -OCH3 is 1. The third kappa shape index (κ3) is 4.93. The van der Waals surface area contributed by atoms with E-state index in [0.717, 1.165) is 16.9 Å². The van der Waals surface area contributed by atoms with Crippen molar-refractivity contribution in [2.45, 2.75) is 32.1 Å². The normalized spacial score (nSPS) is 12.8. The fourth-order valence-electron chi connectivity index (χ4n) is 2.62. The smallest absolute Gasteiger partial charge is 0.216 e. The molecule has 0 aliphatic carbocycles. The van der Waals surface area contributed by atoms with Crippen molar-refractivity contribution in [1.82, 2.24) is 4.72 Å². The fraction of sp³-hybridized carbons (Fsp3) is 0.333. The van der Waals surface area contributed by atoms with E-state index in [-0.39, 0.29) is 10.6 Å². The maximum Gasteiger partial charge on any atom is 0.216 e. The fourth-order valence-corrected chi connectivity index (χ4v) is 4.43. The monoisotopic (exact) mass is 385 g/mol. The van der Waals surface area contributed by atoms with Gasteiger partial charge < -0.3 is 4.74 Å². The Balaban J connectivity index is 2.24. The number of hydrogen-bond acceptors (Lipinski definition) is 3. The van der Waals surface area contributed by atoms with Gasteiger partial charge >= 0.3 is 0 Å². The van der Waals surface area contributed by atoms with Crippen molar-refractivity contribution in [2.75, 3.05) is 7.11 Å². The lowest BCUT2D eigenvalue weighted by molar-refractivity contribution is 0.411. The van der Waals surface area contributed by atoms with Crippen LogP contribution in [0.15, 0.2) is 36.4 Å².